The van der Waals surface area contributed by atoms with Crippen LogP contribution in [0.4, 0.5) is 5.13 Å². The number of carbonyl (C=O) groups is 1. The second-order valence-corrected chi connectivity index (χ2v) is 9.85. The highest BCUT2D eigenvalue weighted by Gasteiger charge is 2.22. The van der Waals surface area contributed by atoms with Gasteiger partial charge in [-0.05, 0) is 42.3 Å². The van der Waals surface area contributed by atoms with E-state index < -0.39 is 0 Å². The van der Waals surface area contributed by atoms with E-state index in [0.717, 1.165) is 59.5 Å². The summed E-state index contributed by atoms with van der Waals surface area (Å²) in [4.78, 5) is 23.4. The highest BCUT2D eigenvalue weighted by molar-refractivity contribution is 8.00. The van der Waals surface area contributed by atoms with Crippen LogP contribution >= 0.6 is 34.7 Å². The van der Waals surface area contributed by atoms with Gasteiger partial charge in [0.15, 0.2) is 5.13 Å². The Hall–Kier alpha value is -1.64. The molecule has 0 radical (unpaired) electrons. The smallest absolute Gasteiger partial charge is 0.239 e. The molecule has 0 saturated carbocycles. The highest BCUT2D eigenvalue weighted by atomic mass is 35.5. The van der Waals surface area contributed by atoms with Gasteiger partial charge in [0, 0.05) is 36.1 Å². The van der Waals surface area contributed by atoms with Gasteiger partial charge in [0.25, 0.3) is 0 Å². The molecule has 1 aliphatic rings. The van der Waals surface area contributed by atoms with E-state index in [1.807, 2.05) is 29.2 Å². The molecule has 31 heavy (non-hydrogen) atoms. The van der Waals surface area contributed by atoms with E-state index in [1.165, 1.54) is 17.3 Å². The number of nitrogens with zero attached hydrogens (tertiary/aromatic N) is 3. The molecule has 8 heteroatoms. The molecule has 0 bridgehead atoms. The summed E-state index contributed by atoms with van der Waals surface area (Å²) in [5, 5.41) is 1.48. The summed E-state index contributed by atoms with van der Waals surface area (Å²) in [7, 11) is 0. The van der Waals surface area contributed by atoms with Crippen LogP contribution in [0.15, 0.2) is 47.4 Å². The maximum atomic E-state index is 13.3. The molecule has 0 unspecified atom stereocenters. The number of thiazole rings is 1. The number of aryl methyl sites for hydroxylation is 1. The number of ether oxygens (including phenoxy) is 1. The summed E-state index contributed by atoms with van der Waals surface area (Å²) < 4.78 is 6.58. The van der Waals surface area contributed by atoms with Crippen molar-refractivity contribution in [3.8, 4) is 0 Å². The number of aromatic nitrogens is 1. The predicted octanol–water partition coefficient (Wildman–Crippen LogP) is 4.97. The average Bonchev–Trinajstić information content (AvgIpc) is 3.23. The van der Waals surface area contributed by atoms with E-state index in [-0.39, 0.29) is 5.91 Å². The van der Waals surface area contributed by atoms with Crippen molar-refractivity contribution in [2.24, 2.45) is 0 Å². The van der Waals surface area contributed by atoms with Crippen molar-refractivity contribution in [2.45, 2.75) is 18.2 Å². The minimum atomic E-state index is 0.0744. The number of benzene rings is 2. The lowest BCUT2D eigenvalue weighted by molar-refractivity contribution is -0.116. The fourth-order valence-corrected chi connectivity index (χ4v) is 5.50. The molecule has 3 aromatic rings. The zero-order valence-electron chi connectivity index (χ0n) is 17.6. The van der Waals surface area contributed by atoms with Crippen molar-refractivity contribution in [3.05, 3.63) is 53.1 Å². The average molecular weight is 476 g/mol. The Morgan fingerprint density at radius 2 is 2.00 bits per heavy atom. The number of halogens is 1. The summed E-state index contributed by atoms with van der Waals surface area (Å²) in [6.45, 7) is 6.89. The second-order valence-electron chi connectivity index (χ2n) is 7.36. The SMILES string of the molecule is CCc1cccc2sc(N(CCN3CCOCC3)C(=O)CSc3ccc(Cl)cc3)nc12. The summed E-state index contributed by atoms with van der Waals surface area (Å²) in [6, 6.07) is 13.9. The molecule has 1 amide bonds. The summed E-state index contributed by atoms with van der Waals surface area (Å²) in [5.41, 5.74) is 2.23. The number of rotatable bonds is 8. The Morgan fingerprint density at radius 1 is 1.23 bits per heavy atom. The van der Waals surface area contributed by atoms with Gasteiger partial charge in [-0.3, -0.25) is 14.6 Å². The van der Waals surface area contributed by atoms with Gasteiger partial charge in [-0.15, -0.1) is 11.8 Å². The standard InChI is InChI=1S/C23H26ClN3O2S2/c1-2-17-4-3-5-20-22(17)25-23(31-20)27(11-10-26-12-14-29-15-13-26)21(28)16-30-19-8-6-18(24)7-9-19/h3-9H,2,10-16H2,1H3. The summed E-state index contributed by atoms with van der Waals surface area (Å²) in [6.07, 6.45) is 0.925. The van der Waals surface area contributed by atoms with Crippen LogP contribution in [0.5, 0.6) is 0 Å². The first-order valence-electron chi connectivity index (χ1n) is 10.5. The van der Waals surface area contributed by atoms with E-state index >= 15 is 0 Å². The molecule has 1 aromatic heterocycles. The van der Waals surface area contributed by atoms with E-state index in [9.17, 15) is 4.79 Å². The number of hydrogen-bond acceptors (Lipinski definition) is 6. The predicted molar refractivity (Wildman–Crippen MR) is 131 cm³/mol. The van der Waals surface area contributed by atoms with Gasteiger partial charge in [0.1, 0.15) is 0 Å². The van der Waals surface area contributed by atoms with Crippen molar-refractivity contribution in [1.29, 1.82) is 0 Å². The fraction of sp³-hybridized carbons (Fsp3) is 0.391. The molecule has 2 heterocycles. The van der Waals surface area contributed by atoms with Gasteiger partial charge >= 0.3 is 0 Å². The molecule has 4 rings (SSSR count). The van der Waals surface area contributed by atoms with Crippen LogP contribution in [-0.4, -0.2) is 60.9 Å². The maximum Gasteiger partial charge on any atom is 0.239 e. The van der Waals surface area contributed by atoms with Crippen LogP contribution < -0.4 is 4.90 Å². The number of anilines is 1. The van der Waals surface area contributed by atoms with Crippen molar-refractivity contribution in [2.75, 3.05) is 50.0 Å². The number of fused-ring (bicyclic) bond motifs is 1. The Kier molecular flexibility index (Phi) is 7.85. The largest absolute Gasteiger partial charge is 0.379 e. The molecular formula is C23H26ClN3O2S2. The van der Waals surface area contributed by atoms with E-state index in [0.29, 0.717) is 17.3 Å². The third-order valence-corrected chi connectivity index (χ3v) is 7.62. The maximum absolute atomic E-state index is 13.3. The van der Waals surface area contributed by atoms with E-state index in [2.05, 4.69) is 30.0 Å². The normalized spacial score (nSPS) is 14.8. The van der Waals surface area contributed by atoms with Crippen LogP contribution in [0.1, 0.15) is 12.5 Å². The molecule has 164 valence electrons. The van der Waals surface area contributed by atoms with Gasteiger partial charge in [0.2, 0.25) is 5.91 Å². The molecular weight excluding hydrogens is 450 g/mol. The monoisotopic (exact) mass is 475 g/mol. The zero-order chi connectivity index (χ0) is 21.6. The Morgan fingerprint density at radius 3 is 2.74 bits per heavy atom. The van der Waals surface area contributed by atoms with Gasteiger partial charge in [-0.1, -0.05) is 42.0 Å². The molecule has 0 N–H and O–H groups in total. The topological polar surface area (TPSA) is 45.7 Å². The van der Waals surface area contributed by atoms with Crippen molar-refractivity contribution >= 4 is 56.0 Å². The number of thioether (sulfide) groups is 1. The third kappa shape index (κ3) is 5.79. The van der Waals surface area contributed by atoms with Crippen molar-refractivity contribution in [3.63, 3.8) is 0 Å². The lowest BCUT2D eigenvalue weighted by Gasteiger charge is -2.29. The Bertz CT molecular complexity index is 1020. The van der Waals surface area contributed by atoms with Crippen LogP contribution in [0, 0.1) is 0 Å². The molecule has 1 fully saturated rings. The van der Waals surface area contributed by atoms with E-state index in [1.54, 1.807) is 11.3 Å². The van der Waals surface area contributed by atoms with Gasteiger partial charge in [-0.2, -0.15) is 0 Å². The Labute approximate surface area is 196 Å². The minimum Gasteiger partial charge on any atom is -0.379 e. The Balaban J connectivity index is 1.52. The van der Waals surface area contributed by atoms with Crippen molar-refractivity contribution in [1.82, 2.24) is 9.88 Å². The van der Waals surface area contributed by atoms with E-state index in [4.69, 9.17) is 21.3 Å². The van der Waals surface area contributed by atoms with Crippen LogP contribution in [0.25, 0.3) is 10.2 Å². The molecule has 5 nitrogen and oxygen atoms in total. The first-order valence-corrected chi connectivity index (χ1v) is 12.7. The number of hydrogen-bond donors (Lipinski definition) is 0. The molecule has 0 atom stereocenters. The van der Waals surface area contributed by atoms with Crippen molar-refractivity contribution < 1.29 is 9.53 Å². The number of para-hydroxylation sites is 1. The minimum absolute atomic E-state index is 0.0744. The van der Waals surface area contributed by atoms with Crippen LogP contribution in [0.2, 0.25) is 5.02 Å². The fourth-order valence-electron chi connectivity index (χ4n) is 3.54. The van der Waals surface area contributed by atoms with Gasteiger partial charge in [0.05, 0.1) is 29.2 Å². The molecule has 1 saturated heterocycles. The number of morpholine rings is 1. The van der Waals surface area contributed by atoms with Gasteiger partial charge in [-0.25, -0.2) is 4.98 Å². The highest BCUT2D eigenvalue weighted by Crippen LogP contribution is 2.32. The van der Waals surface area contributed by atoms with Gasteiger partial charge < -0.3 is 4.74 Å². The lowest BCUT2D eigenvalue weighted by atomic mass is 10.1. The molecule has 0 spiro atoms. The molecule has 0 aliphatic carbocycles. The summed E-state index contributed by atoms with van der Waals surface area (Å²) >= 11 is 9.11. The van der Waals surface area contributed by atoms with Crippen LogP contribution in [-0.2, 0) is 16.0 Å². The number of carbonyl (C=O) groups excluding carboxylic acids is 1. The zero-order valence-corrected chi connectivity index (χ0v) is 19.9. The number of amides is 1. The van der Waals surface area contributed by atoms with Crippen LogP contribution in [0.3, 0.4) is 0 Å². The first kappa shape index (κ1) is 22.6. The lowest BCUT2D eigenvalue weighted by Crippen LogP contribution is -2.43. The third-order valence-electron chi connectivity index (χ3n) is 5.32. The quantitative estimate of drug-likeness (QED) is 0.430. The molecule has 1 aliphatic heterocycles. The first-order chi connectivity index (χ1) is 15.1. The summed E-state index contributed by atoms with van der Waals surface area (Å²) in [5.74, 6) is 0.437. The second kappa shape index (κ2) is 10.8. The molecule has 2 aromatic carbocycles.